The van der Waals surface area contributed by atoms with Gasteiger partial charge in [0.25, 0.3) is 0 Å². The topological polar surface area (TPSA) is 0 Å². The van der Waals surface area contributed by atoms with Gasteiger partial charge in [-0.3, -0.25) is 0 Å². The lowest BCUT2D eigenvalue weighted by Crippen LogP contribution is -1.95. The zero-order valence-corrected chi connectivity index (χ0v) is 19.8. The van der Waals surface area contributed by atoms with Crippen LogP contribution >= 0.6 is 0 Å². The first-order valence-electron chi connectivity index (χ1n) is 12.3. The summed E-state index contributed by atoms with van der Waals surface area (Å²) in [6.45, 7) is 4.51. The lowest BCUT2D eigenvalue weighted by atomic mass is 9.82. The zero-order chi connectivity index (χ0) is 23.1. The normalized spacial score (nSPS) is 11.5. The van der Waals surface area contributed by atoms with Gasteiger partial charge in [0.2, 0.25) is 0 Å². The van der Waals surface area contributed by atoms with Gasteiger partial charge in [0, 0.05) is 0 Å². The minimum Gasteiger partial charge on any atom is -0.0620 e. The number of benzene rings is 6. The Balaban J connectivity index is 1.89. The van der Waals surface area contributed by atoms with Gasteiger partial charge >= 0.3 is 0 Å². The lowest BCUT2D eigenvalue weighted by Gasteiger charge is -2.21. The molecule has 0 unspecified atom stereocenters. The van der Waals surface area contributed by atoms with Crippen LogP contribution in [-0.4, -0.2) is 0 Å². The first-order chi connectivity index (χ1) is 16.8. The minimum atomic E-state index is 1.01. The smallest absolute Gasteiger partial charge is 0.00234 e. The molecular formula is C34H28. The van der Waals surface area contributed by atoms with Crippen LogP contribution in [0.1, 0.15) is 25.0 Å². The maximum absolute atomic E-state index is 2.41. The largest absolute Gasteiger partial charge is 0.0620 e. The van der Waals surface area contributed by atoms with Crippen molar-refractivity contribution in [3.63, 3.8) is 0 Å². The molecule has 0 N–H and O–H groups in total. The van der Waals surface area contributed by atoms with E-state index in [0.717, 1.165) is 12.8 Å². The van der Waals surface area contributed by atoms with Gasteiger partial charge in [0.05, 0.1) is 0 Å². The van der Waals surface area contributed by atoms with Gasteiger partial charge in [-0.1, -0.05) is 111 Å². The molecule has 0 saturated carbocycles. The van der Waals surface area contributed by atoms with E-state index < -0.39 is 0 Å². The summed E-state index contributed by atoms with van der Waals surface area (Å²) in [6.07, 6.45) is 2.03. The standard InChI is InChI=1S/C34H28/c1-3-23-13-7-9-17-27(23)33-29-19-11-12-20-30(29)34(28-18-10-8-14-24(28)4-2)32-22-26-16-6-5-15-25(26)21-31(32)33/h5-22H,3-4H2,1-2H3. The molecule has 0 aromatic heterocycles. The predicted molar refractivity (Wildman–Crippen MR) is 149 cm³/mol. The SMILES string of the molecule is CCc1ccccc1-c1c2ccccc2c(-c2ccccc2CC)c2cc3ccccc3cc12. The summed E-state index contributed by atoms with van der Waals surface area (Å²) in [4.78, 5) is 0. The van der Waals surface area contributed by atoms with Crippen molar-refractivity contribution in [2.75, 3.05) is 0 Å². The Hall–Kier alpha value is -3.90. The van der Waals surface area contributed by atoms with Crippen molar-refractivity contribution in [1.82, 2.24) is 0 Å². The molecular weight excluding hydrogens is 408 g/mol. The van der Waals surface area contributed by atoms with E-state index in [1.54, 1.807) is 0 Å². The summed E-state index contributed by atoms with van der Waals surface area (Å²) >= 11 is 0. The molecule has 0 bridgehead atoms. The second-order valence-corrected chi connectivity index (χ2v) is 9.06. The molecule has 0 amide bonds. The van der Waals surface area contributed by atoms with Crippen LogP contribution < -0.4 is 0 Å². The van der Waals surface area contributed by atoms with Crippen molar-refractivity contribution < 1.29 is 0 Å². The Morgan fingerprint density at radius 2 is 0.794 bits per heavy atom. The molecule has 34 heavy (non-hydrogen) atoms. The van der Waals surface area contributed by atoms with Crippen LogP contribution in [0.5, 0.6) is 0 Å². The first kappa shape index (κ1) is 20.7. The van der Waals surface area contributed by atoms with Crippen LogP contribution in [0.15, 0.2) is 109 Å². The van der Waals surface area contributed by atoms with Crippen LogP contribution in [0.4, 0.5) is 0 Å². The maximum Gasteiger partial charge on any atom is -0.00234 e. The van der Waals surface area contributed by atoms with Crippen molar-refractivity contribution >= 4 is 32.3 Å². The molecule has 0 aliphatic rings. The van der Waals surface area contributed by atoms with E-state index >= 15 is 0 Å². The third-order valence-corrected chi connectivity index (χ3v) is 7.23. The van der Waals surface area contributed by atoms with E-state index in [1.165, 1.54) is 65.7 Å². The fraction of sp³-hybridized carbons (Fsp3) is 0.118. The summed E-state index contributed by atoms with van der Waals surface area (Å²) in [5, 5.41) is 7.89. The molecule has 6 aromatic rings. The Labute approximate surface area is 201 Å². The number of fused-ring (bicyclic) bond motifs is 3. The monoisotopic (exact) mass is 436 g/mol. The molecule has 0 heterocycles. The molecule has 164 valence electrons. The molecule has 0 nitrogen and oxygen atoms in total. The molecule has 0 fully saturated rings. The number of aryl methyl sites for hydroxylation is 2. The van der Waals surface area contributed by atoms with Gasteiger partial charge in [-0.2, -0.15) is 0 Å². The molecule has 0 atom stereocenters. The molecule has 0 spiro atoms. The number of rotatable bonds is 4. The summed E-state index contributed by atoms with van der Waals surface area (Å²) in [5.74, 6) is 0. The van der Waals surface area contributed by atoms with Crippen LogP contribution in [-0.2, 0) is 12.8 Å². The number of hydrogen-bond donors (Lipinski definition) is 0. The van der Waals surface area contributed by atoms with Crippen LogP contribution in [0.2, 0.25) is 0 Å². The predicted octanol–water partition coefficient (Wildman–Crippen LogP) is 9.60. The van der Waals surface area contributed by atoms with E-state index in [0.29, 0.717) is 0 Å². The quantitative estimate of drug-likeness (QED) is 0.241. The molecule has 6 rings (SSSR count). The van der Waals surface area contributed by atoms with Crippen LogP contribution in [0, 0.1) is 0 Å². The average Bonchev–Trinajstić information content (AvgIpc) is 2.90. The molecule has 0 aliphatic heterocycles. The Kier molecular flexibility index (Phi) is 5.15. The van der Waals surface area contributed by atoms with Gasteiger partial charge in [0.1, 0.15) is 0 Å². The molecule has 0 saturated heterocycles. The number of hydrogen-bond acceptors (Lipinski definition) is 0. The third kappa shape index (κ3) is 3.22. The highest BCUT2D eigenvalue weighted by molar-refractivity contribution is 6.24. The van der Waals surface area contributed by atoms with Crippen molar-refractivity contribution in [1.29, 1.82) is 0 Å². The summed E-state index contributed by atoms with van der Waals surface area (Å²) in [6, 6.07) is 40.4. The van der Waals surface area contributed by atoms with Crippen LogP contribution in [0.3, 0.4) is 0 Å². The Morgan fingerprint density at radius 3 is 1.24 bits per heavy atom. The second kappa shape index (κ2) is 8.47. The van der Waals surface area contributed by atoms with Gasteiger partial charge in [-0.25, -0.2) is 0 Å². The lowest BCUT2D eigenvalue weighted by molar-refractivity contribution is 1.14. The van der Waals surface area contributed by atoms with E-state index in [2.05, 4.69) is 123 Å². The van der Waals surface area contributed by atoms with Crippen molar-refractivity contribution in [3.05, 3.63) is 120 Å². The maximum atomic E-state index is 2.41. The van der Waals surface area contributed by atoms with Crippen molar-refractivity contribution in [2.24, 2.45) is 0 Å². The van der Waals surface area contributed by atoms with E-state index in [9.17, 15) is 0 Å². The molecule has 6 aromatic carbocycles. The van der Waals surface area contributed by atoms with E-state index in [-0.39, 0.29) is 0 Å². The second-order valence-electron chi connectivity index (χ2n) is 9.06. The molecule has 0 aliphatic carbocycles. The fourth-order valence-electron chi connectivity index (χ4n) is 5.59. The van der Waals surface area contributed by atoms with E-state index in [4.69, 9.17) is 0 Å². The molecule has 0 radical (unpaired) electrons. The van der Waals surface area contributed by atoms with Crippen molar-refractivity contribution in [2.45, 2.75) is 26.7 Å². The fourth-order valence-corrected chi connectivity index (χ4v) is 5.59. The van der Waals surface area contributed by atoms with Gasteiger partial charge < -0.3 is 0 Å². The highest BCUT2D eigenvalue weighted by Gasteiger charge is 2.19. The van der Waals surface area contributed by atoms with Gasteiger partial charge in [0.15, 0.2) is 0 Å². The minimum absolute atomic E-state index is 1.01. The highest BCUT2D eigenvalue weighted by atomic mass is 14.2. The molecule has 0 heteroatoms. The van der Waals surface area contributed by atoms with Gasteiger partial charge in [-0.15, -0.1) is 0 Å². The van der Waals surface area contributed by atoms with Gasteiger partial charge in [-0.05, 0) is 90.7 Å². The first-order valence-corrected chi connectivity index (χ1v) is 12.3. The Bertz CT molecular complexity index is 1540. The summed E-state index contributed by atoms with van der Waals surface area (Å²) < 4.78 is 0. The zero-order valence-electron chi connectivity index (χ0n) is 19.8. The van der Waals surface area contributed by atoms with Crippen molar-refractivity contribution in [3.8, 4) is 22.3 Å². The van der Waals surface area contributed by atoms with E-state index in [1.807, 2.05) is 0 Å². The summed E-state index contributed by atoms with van der Waals surface area (Å²) in [5.41, 5.74) is 8.18. The Morgan fingerprint density at radius 1 is 0.412 bits per heavy atom. The van der Waals surface area contributed by atoms with Crippen LogP contribution in [0.25, 0.3) is 54.6 Å². The average molecular weight is 437 g/mol. The summed E-state index contributed by atoms with van der Waals surface area (Å²) in [7, 11) is 0. The third-order valence-electron chi connectivity index (χ3n) is 7.23. The highest BCUT2D eigenvalue weighted by Crippen LogP contribution is 2.46.